The van der Waals surface area contributed by atoms with E-state index in [0.29, 0.717) is 24.8 Å². The van der Waals surface area contributed by atoms with Crippen molar-refractivity contribution in [1.82, 2.24) is 15.5 Å². The summed E-state index contributed by atoms with van der Waals surface area (Å²) in [6.45, 7) is 2.67. The number of carbonyl (C=O) groups is 1. The molecule has 0 aromatic heterocycles. The summed E-state index contributed by atoms with van der Waals surface area (Å²) in [6.07, 6.45) is -0.456. The van der Waals surface area contributed by atoms with Gasteiger partial charge < -0.3 is 10.1 Å². The van der Waals surface area contributed by atoms with Crippen molar-refractivity contribution in [3.8, 4) is 0 Å². The SMILES string of the molecule is O=C(NCC(c1ccc(Cl)cc1)N1CCOCC1)C1CC(F)(F)CN1. The smallest absolute Gasteiger partial charge is 0.262 e. The van der Waals surface area contributed by atoms with E-state index in [4.69, 9.17) is 16.3 Å². The number of hydrogen-bond acceptors (Lipinski definition) is 4. The predicted molar refractivity (Wildman–Crippen MR) is 90.9 cm³/mol. The van der Waals surface area contributed by atoms with Crippen LogP contribution < -0.4 is 10.6 Å². The van der Waals surface area contributed by atoms with Crippen molar-refractivity contribution in [2.75, 3.05) is 39.4 Å². The van der Waals surface area contributed by atoms with Crippen LogP contribution in [0.4, 0.5) is 8.78 Å². The number of hydrogen-bond donors (Lipinski definition) is 2. The van der Waals surface area contributed by atoms with Crippen molar-refractivity contribution in [2.45, 2.75) is 24.4 Å². The fourth-order valence-corrected chi connectivity index (χ4v) is 3.38. The van der Waals surface area contributed by atoms with Gasteiger partial charge in [0.1, 0.15) is 0 Å². The third-order valence-corrected chi connectivity index (χ3v) is 4.89. The molecule has 1 aromatic rings. The van der Waals surface area contributed by atoms with E-state index in [2.05, 4.69) is 15.5 Å². The molecule has 2 fully saturated rings. The molecule has 2 saturated heterocycles. The quantitative estimate of drug-likeness (QED) is 0.826. The number of ether oxygens (including phenoxy) is 1. The zero-order valence-corrected chi connectivity index (χ0v) is 14.6. The first kappa shape index (κ1) is 18.5. The molecule has 8 heteroatoms. The van der Waals surface area contributed by atoms with Crippen LogP contribution in [-0.4, -0.2) is 62.2 Å². The van der Waals surface area contributed by atoms with Gasteiger partial charge >= 0.3 is 0 Å². The Kier molecular flexibility index (Phi) is 5.89. The van der Waals surface area contributed by atoms with Gasteiger partial charge in [0.25, 0.3) is 5.92 Å². The number of carbonyl (C=O) groups excluding carboxylic acids is 1. The number of morpholine rings is 1. The Labute approximate surface area is 150 Å². The second kappa shape index (κ2) is 7.95. The minimum atomic E-state index is -2.82. The summed E-state index contributed by atoms with van der Waals surface area (Å²) in [5, 5.41) is 6.05. The fourth-order valence-electron chi connectivity index (χ4n) is 3.25. The Hall–Kier alpha value is -1.28. The van der Waals surface area contributed by atoms with Crippen LogP contribution in [0, 0.1) is 0 Å². The van der Waals surface area contributed by atoms with Crippen molar-refractivity contribution in [3.63, 3.8) is 0 Å². The van der Waals surface area contributed by atoms with Gasteiger partial charge in [0.2, 0.25) is 5.91 Å². The van der Waals surface area contributed by atoms with E-state index in [9.17, 15) is 13.6 Å². The van der Waals surface area contributed by atoms with E-state index in [1.54, 1.807) is 0 Å². The molecule has 2 heterocycles. The van der Waals surface area contributed by atoms with Gasteiger partial charge in [-0.15, -0.1) is 0 Å². The monoisotopic (exact) mass is 373 g/mol. The lowest BCUT2D eigenvalue weighted by molar-refractivity contribution is -0.123. The highest BCUT2D eigenvalue weighted by atomic mass is 35.5. The molecule has 0 bridgehead atoms. The minimum Gasteiger partial charge on any atom is -0.379 e. The molecule has 2 aliphatic rings. The molecular formula is C17H22ClF2N3O2. The van der Waals surface area contributed by atoms with Crippen molar-refractivity contribution in [2.24, 2.45) is 0 Å². The van der Waals surface area contributed by atoms with Crippen molar-refractivity contribution >= 4 is 17.5 Å². The number of halogens is 3. The average Bonchev–Trinajstić information content (AvgIpc) is 2.97. The summed E-state index contributed by atoms with van der Waals surface area (Å²) in [5.74, 6) is -3.20. The Morgan fingerprint density at radius 1 is 1.36 bits per heavy atom. The lowest BCUT2D eigenvalue weighted by Crippen LogP contribution is -2.47. The van der Waals surface area contributed by atoms with Crippen molar-refractivity contribution < 1.29 is 18.3 Å². The molecule has 2 unspecified atom stereocenters. The van der Waals surface area contributed by atoms with E-state index in [0.717, 1.165) is 18.7 Å². The second-order valence-corrected chi connectivity index (χ2v) is 6.89. The van der Waals surface area contributed by atoms with E-state index < -0.39 is 24.9 Å². The summed E-state index contributed by atoms with van der Waals surface area (Å²) in [4.78, 5) is 14.5. The minimum absolute atomic E-state index is 0.0490. The number of benzene rings is 1. The van der Waals surface area contributed by atoms with Crippen LogP contribution in [0.3, 0.4) is 0 Å². The molecule has 0 aliphatic carbocycles. The van der Waals surface area contributed by atoms with Gasteiger partial charge in [-0.05, 0) is 17.7 Å². The van der Waals surface area contributed by atoms with E-state index in [-0.39, 0.29) is 11.9 Å². The van der Waals surface area contributed by atoms with Gasteiger partial charge in [0, 0.05) is 31.1 Å². The highest BCUT2D eigenvalue weighted by Gasteiger charge is 2.42. The highest BCUT2D eigenvalue weighted by Crippen LogP contribution is 2.26. The maximum Gasteiger partial charge on any atom is 0.262 e. The number of nitrogens with one attached hydrogen (secondary N) is 2. The van der Waals surface area contributed by atoms with Crippen LogP contribution in [0.5, 0.6) is 0 Å². The third kappa shape index (κ3) is 4.88. The largest absolute Gasteiger partial charge is 0.379 e. The van der Waals surface area contributed by atoms with E-state index in [1.807, 2.05) is 24.3 Å². The number of nitrogens with zero attached hydrogens (tertiary/aromatic N) is 1. The van der Waals surface area contributed by atoms with Crippen LogP contribution in [0.25, 0.3) is 0 Å². The zero-order chi connectivity index (χ0) is 17.9. The standard InChI is InChI=1S/C17H22ClF2N3O2/c18-13-3-1-12(2-4-13)15(23-5-7-25-8-6-23)10-21-16(24)14-9-17(19,20)11-22-14/h1-4,14-15,22H,5-11H2,(H,21,24). The van der Waals surface area contributed by atoms with Gasteiger partial charge in [-0.2, -0.15) is 0 Å². The topological polar surface area (TPSA) is 53.6 Å². The van der Waals surface area contributed by atoms with E-state index in [1.165, 1.54) is 0 Å². The average molecular weight is 374 g/mol. The molecule has 138 valence electrons. The number of amides is 1. The molecule has 2 N–H and O–H groups in total. The first-order chi connectivity index (χ1) is 11.9. The Morgan fingerprint density at radius 3 is 2.64 bits per heavy atom. The van der Waals surface area contributed by atoms with E-state index >= 15 is 0 Å². The third-order valence-electron chi connectivity index (χ3n) is 4.64. The molecule has 0 radical (unpaired) electrons. The molecule has 1 amide bonds. The first-order valence-electron chi connectivity index (χ1n) is 8.41. The highest BCUT2D eigenvalue weighted by molar-refractivity contribution is 6.30. The van der Waals surface area contributed by atoms with Gasteiger partial charge in [0.05, 0.1) is 31.8 Å². The van der Waals surface area contributed by atoms with Gasteiger partial charge in [-0.3, -0.25) is 15.0 Å². The van der Waals surface area contributed by atoms with Gasteiger partial charge in [0.15, 0.2) is 0 Å². The molecule has 1 aromatic carbocycles. The number of alkyl halides is 2. The first-order valence-corrected chi connectivity index (χ1v) is 8.79. The lowest BCUT2D eigenvalue weighted by atomic mass is 10.0. The Morgan fingerprint density at radius 2 is 2.04 bits per heavy atom. The zero-order valence-electron chi connectivity index (χ0n) is 13.8. The maximum atomic E-state index is 13.3. The molecule has 2 aliphatic heterocycles. The molecule has 5 nitrogen and oxygen atoms in total. The fraction of sp³-hybridized carbons (Fsp3) is 0.588. The summed E-state index contributed by atoms with van der Waals surface area (Å²) in [7, 11) is 0. The maximum absolute atomic E-state index is 13.3. The lowest BCUT2D eigenvalue weighted by Gasteiger charge is -2.35. The Balaban J connectivity index is 1.65. The predicted octanol–water partition coefficient (Wildman–Crippen LogP) is 1.83. The normalized spacial score (nSPS) is 24.8. The molecule has 25 heavy (non-hydrogen) atoms. The van der Waals surface area contributed by atoms with Crippen LogP contribution in [0.2, 0.25) is 5.02 Å². The van der Waals surface area contributed by atoms with Crippen molar-refractivity contribution in [1.29, 1.82) is 0 Å². The van der Waals surface area contributed by atoms with Crippen LogP contribution in [-0.2, 0) is 9.53 Å². The summed E-state index contributed by atoms with van der Waals surface area (Å²) in [5.41, 5.74) is 1.02. The summed E-state index contributed by atoms with van der Waals surface area (Å²) in [6, 6.07) is 6.58. The molecule has 2 atom stereocenters. The van der Waals surface area contributed by atoms with Crippen LogP contribution >= 0.6 is 11.6 Å². The van der Waals surface area contributed by atoms with Crippen LogP contribution in [0.15, 0.2) is 24.3 Å². The van der Waals surface area contributed by atoms with Gasteiger partial charge in [-0.1, -0.05) is 23.7 Å². The van der Waals surface area contributed by atoms with Crippen LogP contribution in [0.1, 0.15) is 18.0 Å². The summed E-state index contributed by atoms with van der Waals surface area (Å²) >= 11 is 5.96. The Bertz CT molecular complexity index is 594. The second-order valence-electron chi connectivity index (χ2n) is 6.45. The van der Waals surface area contributed by atoms with Crippen molar-refractivity contribution in [3.05, 3.63) is 34.9 Å². The van der Waals surface area contributed by atoms with Gasteiger partial charge in [-0.25, -0.2) is 8.78 Å². The molecule has 3 rings (SSSR count). The number of rotatable bonds is 5. The summed E-state index contributed by atoms with van der Waals surface area (Å²) < 4.78 is 31.9. The molecule has 0 saturated carbocycles. The molecule has 0 spiro atoms. The molecular weight excluding hydrogens is 352 g/mol.